The monoisotopic (exact) mass is 500 g/mol. The van der Waals surface area contributed by atoms with Crippen LogP contribution in [-0.4, -0.2) is 52.7 Å². The molecule has 5 heteroatoms. The van der Waals surface area contributed by atoms with Gasteiger partial charge in [-0.3, -0.25) is 4.98 Å². The molecule has 0 radical (unpaired) electrons. The third-order valence-corrected chi connectivity index (χ3v) is 10.2. The highest BCUT2D eigenvalue weighted by Crippen LogP contribution is 2.59. The average molecular weight is 501 g/mol. The molecule has 4 heterocycles. The van der Waals surface area contributed by atoms with Crippen molar-refractivity contribution in [2.75, 3.05) is 19.8 Å². The lowest BCUT2D eigenvalue weighted by Gasteiger charge is -2.49. The van der Waals surface area contributed by atoms with Gasteiger partial charge in [0, 0.05) is 30.4 Å². The second-order valence-corrected chi connectivity index (χ2v) is 12.6. The van der Waals surface area contributed by atoms with E-state index in [1.807, 2.05) is 12.4 Å². The molecule has 2 bridgehead atoms. The van der Waals surface area contributed by atoms with Gasteiger partial charge in [-0.25, -0.2) is 0 Å². The minimum Gasteiger partial charge on any atom is -0.384 e. The van der Waals surface area contributed by atoms with Crippen LogP contribution in [0.1, 0.15) is 76.2 Å². The molecule has 2 aromatic rings. The SMILES string of the molecule is C[C@H]1CCC(c2ccc3ccncc3c2)CC/C=C2/C=C3CCC(NCC4(O)COC4)C[C@]34CC[C@@]21O4. The summed E-state index contributed by atoms with van der Waals surface area (Å²) in [6.07, 6.45) is 19.1. The van der Waals surface area contributed by atoms with Crippen LogP contribution in [0.5, 0.6) is 0 Å². The lowest BCUT2D eigenvalue weighted by molar-refractivity contribution is -0.176. The van der Waals surface area contributed by atoms with E-state index in [-0.39, 0.29) is 11.2 Å². The van der Waals surface area contributed by atoms with Crippen LogP contribution >= 0.6 is 0 Å². The highest BCUT2D eigenvalue weighted by atomic mass is 16.5. The van der Waals surface area contributed by atoms with E-state index in [2.05, 4.69) is 53.6 Å². The minimum atomic E-state index is -0.682. The standard InChI is InChI=1S/C32H40N2O3/c1-22-5-6-23(25-8-7-24-11-14-33-18-26(24)15-25)3-2-4-28-16-27-9-10-29(34-19-30(35)20-36-21-30)17-31(27)12-13-32(22,28)37-31/h4,7-8,11,14-16,18,22-23,29,34-35H,2-3,5-6,9-10,12-13,17,19-21H2,1H3/b28-4-/t22-,23?,29?,31+,32-/m0/s1. The van der Waals surface area contributed by atoms with E-state index in [0.29, 0.717) is 37.6 Å². The van der Waals surface area contributed by atoms with Crippen LogP contribution in [0.15, 0.2) is 60.0 Å². The number of hydrogen-bond acceptors (Lipinski definition) is 5. The van der Waals surface area contributed by atoms with Crippen LogP contribution in [0, 0.1) is 5.92 Å². The molecule has 5 atom stereocenters. The number of pyridine rings is 1. The Morgan fingerprint density at radius 3 is 2.86 bits per heavy atom. The molecule has 5 nitrogen and oxygen atoms in total. The second kappa shape index (κ2) is 9.01. The van der Waals surface area contributed by atoms with Crippen molar-refractivity contribution < 1.29 is 14.6 Å². The fourth-order valence-electron chi connectivity index (χ4n) is 7.88. The summed E-state index contributed by atoms with van der Waals surface area (Å²) < 4.78 is 12.5. The topological polar surface area (TPSA) is 63.6 Å². The summed E-state index contributed by atoms with van der Waals surface area (Å²) in [7, 11) is 0. The van der Waals surface area contributed by atoms with Crippen molar-refractivity contribution in [2.24, 2.45) is 5.92 Å². The molecular formula is C32H40N2O3. The summed E-state index contributed by atoms with van der Waals surface area (Å²) in [5.41, 5.74) is 3.47. The molecule has 5 aliphatic rings. The molecular weight excluding hydrogens is 460 g/mol. The third-order valence-electron chi connectivity index (χ3n) is 10.2. The fourth-order valence-corrected chi connectivity index (χ4v) is 7.88. The number of fused-ring (bicyclic) bond motifs is 1. The maximum Gasteiger partial charge on any atom is 0.123 e. The molecule has 2 unspecified atom stereocenters. The van der Waals surface area contributed by atoms with Crippen LogP contribution < -0.4 is 5.32 Å². The van der Waals surface area contributed by atoms with Gasteiger partial charge in [-0.1, -0.05) is 31.2 Å². The molecule has 37 heavy (non-hydrogen) atoms. The number of allylic oxidation sites excluding steroid dienone is 1. The average Bonchev–Trinajstić information content (AvgIpc) is 3.25. The Morgan fingerprint density at radius 2 is 2.00 bits per heavy atom. The third kappa shape index (κ3) is 4.10. The van der Waals surface area contributed by atoms with Gasteiger partial charge in [0.1, 0.15) is 5.60 Å². The van der Waals surface area contributed by atoms with E-state index in [1.165, 1.54) is 46.7 Å². The van der Waals surface area contributed by atoms with Crippen molar-refractivity contribution in [1.29, 1.82) is 0 Å². The molecule has 3 fully saturated rings. The number of rotatable bonds is 4. The van der Waals surface area contributed by atoms with Gasteiger partial charge >= 0.3 is 0 Å². The van der Waals surface area contributed by atoms with Gasteiger partial charge < -0.3 is 19.9 Å². The van der Waals surface area contributed by atoms with Gasteiger partial charge in [-0.05, 0) is 104 Å². The number of hydrogen-bond donors (Lipinski definition) is 2. The minimum absolute atomic E-state index is 0.126. The largest absolute Gasteiger partial charge is 0.384 e. The number of aliphatic hydroxyl groups is 1. The van der Waals surface area contributed by atoms with E-state index in [4.69, 9.17) is 9.47 Å². The Hall–Kier alpha value is -2.05. The second-order valence-electron chi connectivity index (χ2n) is 12.6. The Bertz CT molecular complexity index is 1250. The molecule has 1 saturated carbocycles. The summed E-state index contributed by atoms with van der Waals surface area (Å²) in [5.74, 6) is 1.06. The highest BCUT2D eigenvalue weighted by Gasteiger charge is 2.59. The van der Waals surface area contributed by atoms with Crippen molar-refractivity contribution >= 4 is 10.8 Å². The quantitative estimate of drug-likeness (QED) is 0.573. The van der Waals surface area contributed by atoms with E-state index >= 15 is 0 Å². The van der Waals surface area contributed by atoms with E-state index in [1.54, 1.807) is 0 Å². The first-order valence-corrected chi connectivity index (χ1v) is 14.5. The maximum atomic E-state index is 10.5. The van der Waals surface area contributed by atoms with Crippen LogP contribution in [0.3, 0.4) is 0 Å². The maximum absolute atomic E-state index is 10.5. The first-order valence-electron chi connectivity index (χ1n) is 14.5. The number of ether oxygens (including phenoxy) is 2. The van der Waals surface area contributed by atoms with Gasteiger partial charge in [-0.2, -0.15) is 0 Å². The van der Waals surface area contributed by atoms with Crippen LogP contribution in [-0.2, 0) is 9.47 Å². The molecule has 7 rings (SSSR count). The zero-order chi connectivity index (χ0) is 25.1. The molecule has 3 aliphatic heterocycles. The number of nitrogens with one attached hydrogen (secondary N) is 1. The van der Waals surface area contributed by atoms with Gasteiger partial charge in [0.25, 0.3) is 0 Å². The van der Waals surface area contributed by atoms with Crippen LogP contribution in [0.2, 0.25) is 0 Å². The molecule has 196 valence electrons. The highest BCUT2D eigenvalue weighted by molar-refractivity contribution is 5.82. The fraction of sp³-hybridized carbons (Fsp3) is 0.594. The van der Waals surface area contributed by atoms with Crippen molar-refractivity contribution in [3.05, 3.63) is 65.5 Å². The number of nitrogens with zero attached hydrogens (tertiary/aromatic N) is 1. The summed E-state index contributed by atoms with van der Waals surface area (Å²) in [6, 6.07) is 9.46. The molecule has 0 amide bonds. The summed E-state index contributed by atoms with van der Waals surface area (Å²) >= 11 is 0. The lowest BCUT2D eigenvalue weighted by atomic mass is 9.74. The summed E-state index contributed by atoms with van der Waals surface area (Å²) in [5, 5.41) is 16.7. The molecule has 2 spiro atoms. The Balaban J connectivity index is 1.11. The normalized spacial score (nSPS) is 38.2. The van der Waals surface area contributed by atoms with E-state index in [9.17, 15) is 5.11 Å². The van der Waals surface area contributed by atoms with Crippen LogP contribution in [0.25, 0.3) is 10.8 Å². The smallest absolute Gasteiger partial charge is 0.123 e. The zero-order valence-electron chi connectivity index (χ0n) is 22.0. The number of benzene rings is 1. The molecule has 1 aromatic heterocycles. The molecule has 1 aromatic carbocycles. The Labute approximate surface area is 220 Å². The van der Waals surface area contributed by atoms with Gasteiger partial charge in [0.05, 0.1) is 24.4 Å². The van der Waals surface area contributed by atoms with Crippen molar-refractivity contribution in [3.63, 3.8) is 0 Å². The Kier molecular flexibility index (Phi) is 5.85. The van der Waals surface area contributed by atoms with Crippen molar-refractivity contribution in [2.45, 2.75) is 93.5 Å². The van der Waals surface area contributed by atoms with E-state index < -0.39 is 5.60 Å². The van der Waals surface area contributed by atoms with Gasteiger partial charge in [-0.15, -0.1) is 0 Å². The zero-order valence-corrected chi connectivity index (χ0v) is 22.0. The van der Waals surface area contributed by atoms with Gasteiger partial charge in [0.2, 0.25) is 0 Å². The van der Waals surface area contributed by atoms with Gasteiger partial charge in [0.15, 0.2) is 0 Å². The van der Waals surface area contributed by atoms with Crippen molar-refractivity contribution in [1.82, 2.24) is 10.3 Å². The molecule has 2 aliphatic carbocycles. The summed E-state index contributed by atoms with van der Waals surface area (Å²) in [6.45, 7) is 3.95. The number of aromatic nitrogens is 1. The first-order chi connectivity index (χ1) is 18.0. The van der Waals surface area contributed by atoms with Crippen molar-refractivity contribution in [3.8, 4) is 0 Å². The predicted molar refractivity (Wildman–Crippen MR) is 145 cm³/mol. The first kappa shape index (κ1) is 24.0. The lowest BCUT2D eigenvalue weighted by Crippen LogP contribution is -2.59. The molecule has 2 saturated heterocycles. The Morgan fingerprint density at radius 1 is 1.08 bits per heavy atom. The summed E-state index contributed by atoms with van der Waals surface area (Å²) in [4.78, 5) is 4.35. The van der Waals surface area contributed by atoms with Crippen LogP contribution in [0.4, 0.5) is 0 Å². The predicted octanol–water partition coefficient (Wildman–Crippen LogP) is 5.59. The van der Waals surface area contributed by atoms with E-state index in [0.717, 1.165) is 38.5 Å². The molecule has 2 N–H and O–H groups in total.